The molecule has 0 unspecified atom stereocenters. The summed E-state index contributed by atoms with van der Waals surface area (Å²) in [7, 11) is 0. The number of unbranched alkanes of at least 4 members (excludes halogenated alkanes) is 2. The Morgan fingerprint density at radius 3 is 1.28 bits per heavy atom. The molecule has 3 aromatic rings. The van der Waals surface area contributed by atoms with E-state index in [0.29, 0.717) is 0 Å². The normalized spacial score (nSPS) is 11.4. The van der Waals surface area contributed by atoms with Gasteiger partial charge in [-0.3, -0.25) is 0 Å². The van der Waals surface area contributed by atoms with E-state index >= 15 is 0 Å². The van der Waals surface area contributed by atoms with Crippen LogP contribution >= 0.6 is 0 Å². The van der Waals surface area contributed by atoms with Crippen molar-refractivity contribution in [3.63, 3.8) is 0 Å². The zero-order valence-electron chi connectivity index (χ0n) is 15.2. The molecule has 0 aliphatic heterocycles. The van der Waals surface area contributed by atoms with E-state index in [1.165, 1.54) is 41.0 Å². The molecule has 0 fully saturated rings. The first-order valence-electron chi connectivity index (χ1n) is 9.54. The second-order valence-corrected chi connectivity index (χ2v) is 6.81. The van der Waals surface area contributed by atoms with Crippen molar-refractivity contribution in [2.75, 3.05) is 0 Å². The van der Waals surface area contributed by atoms with E-state index < -0.39 is 0 Å². The molecule has 3 rings (SSSR count). The van der Waals surface area contributed by atoms with Crippen molar-refractivity contribution >= 4 is 17.7 Å². The summed E-state index contributed by atoms with van der Waals surface area (Å²) in [6.07, 6.45) is 5.00. The van der Waals surface area contributed by atoms with Crippen LogP contribution in [0.3, 0.4) is 0 Å². The molecule has 122 valence electrons. The van der Waals surface area contributed by atoms with Gasteiger partial charge < -0.3 is 0 Å². The summed E-state index contributed by atoms with van der Waals surface area (Å²) in [5, 5.41) is 1.27. The molecule has 0 saturated carbocycles. The van der Waals surface area contributed by atoms with E-state index in [-0.39, 0.29) is 5.41 Å². The average molecular weight is 320 g/mol. The van der Waals surface area contributed by atoms with E-state index in [4.69, 9.17) is 0 Å². The molecule has 1 heteroatoms. The predicted octanol–water partition coefficient (Wildman–Crippen LogP) is 6.17. The summed E-state index contributed by atoms with van der Waals surface area (Å²) in [5.74, 6) is 0. The summed E-state index contributed by atoms with van der Waals surface area (Å²) < 4.78 is 0. The third kappa shape index (κ3) is 4.09. The fourth-order valence-electron chi connectivity index (χ4n) is 3.92. The molecule has 0 aliphatic carbocycles. The number of hydrogen-bond acceptors (Lipinski definition) is 0. The van der Waals surface area contributed by atoms with E-state index in [0.717, 1.165) is 6.42 Å². The van der Waals surface area contributed by atoms with Gasteiger partial charge in [-0.1, -0.05) is 0 Å². The molecule has 0 bridgehead atoms. The monoisotopic (exact) mass is 320 g/mol. The van der Waals surface area contributed by atoms with Gasteiger partial charge in [-0.25, -0.2) is 0 Å². The van der Waals surface area contributed by atoms with Gasteiger partial charge >= 0.3 is 162 Å². The van der Waals surface area contributed by atoms with Crippen molar-refractivity contribution in [2.45, 2.75) is 36.2 Å². The Bertz CT molecular complexity index is 638. The minimum atomic E-state index is -0.0719. The Morgan fingerprint density at radius 1 is 0.520 bits per heavy atom. The topological polar surface area (TPSA) is 0 Å². The van der Waals surface area contributed by atoms with Gasteiger partial charge in [0.05, 0.1) is 0 Å². The van der Waals surface area contributed by atoms with Crippen molar-refractivity contribution in [3.05, 3.63) is 108 Å². The van der Waals surface area contributed by atoms with Gasteiger partial charge in [0.2, 0.25) is 0 Å². The van der Waals surface area contributed by atoms with Gasteiger partial charge in [-0.2, -0.15) is 0 Å². The Labute approximate surface area is 161 Å². The van der Waals surface area contributed by atoms with Crippen molar-refractivity contribution in [1.29, 1.82) is 0 Å². The van der Waals surface area contributed by atoms with E-state index in [1.54, 1.807) is 0 Å². The maximum absolute atomic E-state index is 2.29. The van der Waals surface area contributed by atoms with Crippen molar-refractivity contribution in [2.24, 2.45) is 0 Å². The average Bonchev–Trinajstić information content (AvgIpc) is 2.70. The quantitative estimate of drug-likeness (QED) is 0.264. The Kier molecular flexibility index (Phi) is 6.57. The standard InChI is InChI=1S/C24H25.Li/c1-2-3-13-20-24(21-14-7-4-8-15-21,22-16-9-5-10-17-22)23-18-11-6-12-19-23;/h4-12,14-19H,1-3,13,20H2;. The first-order valence-corrected chi connectivity index (χ1v) is 9.54. The molecule has 0 heterocycles. The van der Waals surface area contributed by atoms with Crippen LogP contribution in [0.5, 0.6) is 0 Å². The SMILES string of the molecule is [Li][CH2]CCCCC(c1ccccc1)(c1ccccc1)c1ccccc1. The number of hydrogen-bond donors (Lipinski definition) is 0. The first kappa shape index (κ1) is 18.1. The van der Waals surface area contributed by atoms with Gasteiger partial charge in [0.25, 0.3) is 0 Å². The van der Waals surface area contributed by atoms with Gasteiger partial charge in [0.15, 0.2) is 0 Å². The van der Waals surface area contributed by atoms with Crippen LogP contribution < -0.4 is 0 Å². The van der Waals surface area contributed by atoms with E-state index in [9.17, 15) is 0 Å². The first-order chi connectivity index (χ1) is 12.4. The van der Waals surface area contributed by atoms with Crippen molar-refractivity contribution < 1.29 is 0 Å². The summed E-state index contributed by atoms with van der Waals surface area (Å²) in [5.41, 5.74) is 4.11. The van der Waals surface area contributed by atoms with Crippen LogP contribution in [0.15, 0.2) is 91.0 Å². The third-order valence-corrected chi connectivity index (χ3v) is 5.21. The molecule has 0 atom stereocenters. The molecule has 0 saturated heterocycles. The Balaban J connectivity index is 2.13. The fourth-order valence-corrected chi connectivity index (χ4v) is 3.92. The number of benzene rings is 3. The van der Waals surface area contributed by atoms with Crippen LogP contribution in [0, 0.1) is 0 Å². The predicted molar refractivity (Wildman–Crippen MR) is 108 cm³/mol. The molecule has 0 radical (unpaired) electrons. The summed E-state index contributed by atoms with van der Waals surface area (Å²) in [4.78, 5) is 0. The van der Waals surface area contributed by atoms with E-state index in [2.05, 4.69) is 109 Å². The Morgan fingerprint density at radius 2 is 0.920 bits per heavy atom. The van der Waals surface area contributed by atoms with Crippen LogP contribution in [0.2, 0.25) is 5.09 Å². The van der Waals surface area contributed by atoms with E-state index in [1.807, 2.05) is 0 Å². The van der Waals surface area contributed by atoms with Gasteiger partial charge in [0, 0.05) is 0 Å². The molecular weight excluding hydrogens is 295 g/mol. The molecular formula is C24H25Li. The van der Waals surface area contributed by atoms with Crippen molar-refractivity contribution in [1.82, 2.24) is 0 Å². The van der Waals surface area contributed by atoms with Crippen LogP contribution in [0.4, 0.5) is 0 Å². The summed E-state index contributed by atoms with van der Waals surface area (Å²) >= 11 is 2.28. The third-order valence-electron chi connectivity index (χ3n) is 5.21. The Hall–Kier alpha value is -1.74. The second kappa shape index (κ2) is 9.09. The van der Waals surface area contributed by atoms with Crippen LogP contribution in [0.25, 0.3) is 0 Å². The molecule has 0 amide bonds. The zero-order chi connectivity index (χ0) is 17.4. The molecule has 3 aromatic carbocycles. The van der Waals surface area contributed by atoms with Gasteiger partial charge in [-0.15, -0.1) is 0 Å². The molecule has 0 aromatic heterocycles. The van der Waals surface area contributed by atoms with Crippen LogP contribution in [-0.4, -0.2) is 17.7 Å². The van der Waals surface area contributed by atoms with Crippen LogP contribution in [0.1, 0.15) is 42.4 Å². The second-order valence-electron chi connectivity index (χ2n) is 6.81. The molecule has 25 heavy (non-hydrogen) atoms. The van der Waals surface area contributed by atoms with Crippen molar-refractivity contribution in [3.8, 4) is 0 Å². The molecule has 0 N–H and O–H groups in total. The zero-order valence-corrected chi connectivity index (χ0v) is 15.2. The van der Waals surface area contributed by atoms with Crippen LogP contribution in [-0.2, 0) is 5.41 Å². The maximum atomic E-state index is 2.29. The molecule has 0 aliphatic rings. The van der Waals surface area contributed by atoms with Gasteiger partial charge in [0.1, 0.15) is 0 Å². The molecule has 0 nitrogen and oxygen atoms in total. The fraction of sp³-hybridized carbons (Fsp3) is 0.250. The summed E-state index contributed by atoms with van der Waals surface area (Å²) in [6.45, 7) is 0. The summed E-state index contributed by atoms with van der Waals surface area (Å²) in [6, 6.07) is 33.1. The minimum absolute atomic E-state index is 0.0719. The number of rotatable bonds is 8. The van der Waals surface area contributed by atoms with Gasteiger partial charge in [-0.05, 0) is 0 Å². The molecule has 0 spiro atoms.